The van der Waals surface area contributed by atoms with Gasteiger partial charge < -0.3 is 28.4 Å². The average Bonchev–Trinajstić information content (AvgIpc) is 3.83. The second-order valence-corrected chi connectivity index (χ2v) is 11.9. The summed E-state index contributed by atoms with van der Waals surface area (Å²) in [5.41, 5.74) is 0.622. The molecule has 0 saturated carbocycles. The smallest absolute Gasteiger partial charge is 0.366 e. The van der Waals surface area contributed by atoms with Crippen molar-refractivity contribution in [2.75, 3.05) is 13.7 Å². The normalized spacial score (nSPS) is 23.8. The molecule has 0 bridgehead atoms. The minimum absolute atomic E-state index is 0.102. The van der Waals surface area contributed by atoms with Crippen LogP contribution in [0.3, 0.4) is 0 Å². The number of hydrogen-bond donors (Lipinski definition) is 0. The minimum Gasteiger partial charge on any atom is -0.366 e. The number of ether oxygens (including phenoxy) is 6. The monoisotopic (exact) mass is 732 g/mol. The number of halogens is 6. The highest BCUT2D eigenvalue weighted by Gasteiger charge is 2.51. The Balaban J connectivity index is 1.10. The molecule has 2 aliphatic heterocycles. The molecule has 0 aliphatic carbocycles. The van der Waals surface area contributed by atoms with Crippen molar-refractivity contribution in [1.29, 1.82) is 0 Å². The van der Waals surface area contributed by atoms with E-state index in [9.17, 15) is 26.3 Å². The van der Waals surface area contributed by atoms with Crippen LogP contribution in [0.15, 0.2) is 91.3 Å². The molecule has 2 saturated heterocycles. The number of aromatic nitrogens is 6. The molecule has 0 unspecified atom stereocenters. The Morgan fingerprint density at radius 2 is 1.21 bits per heavy atom. The Bertz CT molecular complexity index is 1920. The van der Waals surface area contributed by atoms with E-state index in [4.69, 9.17) is 28.4 Å². The van der Waals surface area contributed by atoms with Crippen molar-refractivity contribution in [3.8, 4) is 11.4 Å². The van der Waals surface area contributed by atoms with Gasteiger partial charge in [-0.05, 0) is 48.5 Å². The molecule has 3 aromatic carbocycles. The van der Waals surface area contributed by atoms with Crippen LogP contribution in [0.5, 0.6) is 0 Å². The Labute approximate surface area is 291 Å². The third kappa shape index (κ3) is 7.86. The van der Waals surface area contributed by atoms with Crippen LogP contribution in [0, 0.1) is 0 Å². The number of hydrogen-bond acceptors (Lipinski definition) is 10. The van der Waals surface area contributed by atoms with Gasteiger partial charge >= 0.3 is 12.4 Å². The van der Waals surface area contributed by atoms with Crippen molar-refractivity contribution in [2.45, 2.75) is 62.6 Å². The fourth-order valence-electron chi connectivity index (χ4n) is 5.83. The van der Waals surface area contributed by atoms with Crippen LogP contribution in [0.2, 0.25) is 0 Å². The lowest BCUT2D eigenvalue weighted by Gasteiger charge is -2.48. The molecule has 0 N–H and O–H groups in total. The predicted molar refractivity (Wildman–Crippen MR) is 166 cm³/mol. The van der Waals surface area contributed by atoms with Gasteiger partial charge in [0, 0.05) is 12.7 Å². The highest BCUT2D eigenvalue weighted by atomic mass is 19.4. The maximum Gasteiger partial charge on any atom is 0.416 e. The van der Waals surface area contributed by atoms with Crippen LogP contribution in [0.1, 0.15) is 34.4 Å². The van der Waals surface area contributed by atoms with Crippen LogP contribution in [0.4, 0.5) is 26.3 Å². The lowest BCUT2D eigenvalue weighted by Crippen LogP contribution is -2.63. The van der Waals surface area contributed by atoms with E-state index in [1.54, 1.807) is 0 Å². The first-order valence-electron chi connectivity index (χ1n) is 15.9. The number of methoxy groups -OCH3 is 1. The zero-order valence-corrected chi connectivity index (χ0v) is 27.1. The van der Waals surface area contributed by atoms with Gasteiger partial charge in [0.15, 0.2) is 12.6 Å². The van der Waals surface area contributed by atoms with Crippen LogP contribution in [-0.2, 0) is 54.0 Å². The summed E-state index contributed by atoms with van der Waals surface area (Å²) in [4.78, 5) is 0. The molecule has 18 heteroatoms. The van der Waals surface area contributed by atoms with E-state index in [2.05, 4.69) is 20.6 Å². The van der Waals surface area contributed by atoms with Gasteiger partial charge in [0.25, 0.3) is 0 Å². The van der Waals surface area contributed by atoms with Gasteiger partial charge in [0.1, 0.15) is 35.8 Å². The average molecular weight is 733 g/mol. The van der Waals surface area contributed by atoms with Crippen LogP contribution in [0.25, 0.3) is 11.4 Å². The second-order valence-electron chi connectivity index (χ2n) is 11.9. The summed E-state index contributed by atoms with van der Waals surface area (Å²) in [6, 6.07) is 18.2. The molecule has 7 rings (SSSR count). The third-order valence-electron chi connectivity index (χ3n) is 8.44. The first-order valence-corrected chi connectivity index (χ1v) is 15.9. The maximum absolute atomic E-state index is 13.1. The third-order valence-corrected chi connectivity index (χ3v) is 8.44. The predicted octanol–water partition coefficient (Wildman–Crippen LogP) is 5.84. The van der Waals surface area contributed by atoms with Gasteiger partial charge in [-0.15, -0.1) is 10.2 Å². The second kappa shape index (κ2) is 14.7. The van der Waals surface area contributed by atoms with Crippen molar-refractivity contribution in [2.24, 2.45) is 0 Å². The van der Waals surface area contributed by atoms with Crippen molar-refractivity contribution in [3.63, 3.8) is 0 Å². The van der Waals surface area contributed by atoms with E-state index < -0.39 is 60.5 Å². The van der Waals surface area contributed by atoms with Gasteiger partial charge in [-0.25, -0.2) is 9.36 Å². The van der Waals surface area contributed by atoms with Crippen LogP contribution < -0.4 is 0 Å². The van der Waals surface area contributed by atoms with Crippen LogP contribution in [-0.4, -0.2) is 74.4 Å². The molecule has 5 aromatic rings. The standard InChI is InChI=1S/C34H30F6N6O6/c1-47-32-30(49-18-24-16-46(44-42-24)26-13-9-22(10-14-26)34(38,39)40)29(28-27(51-32)19-50-31(52-28)20-5-3-2-4-6-20)48-17-23-15-45(43-41-23)25-11-7-21(8-12-25)33(35,36)37/h2-16,27-32H,17-19H2,1H3/t27-,28-,29+,30-,31-,32+/m1/s1. The molecule has 0 radical (unpaired) electrons. The number of benzene rings is 3. The van der Waals surface area contributed by atoms with Crippen molar-refractivity contribution < 1.29 is 54.8 Å². The summed E-state index contributed by atoms with van der Waals surface area (Å²) in [6.45, 7) is -0.0775. The molecule has 2 aromatic heterocycles. The van der Waals surface area contributed by atoms with Crippen molar-refractivity contribution >= 4 is 0 Å². The molecule has 2 fully saturated rings. The first kappa shape index (κ1) is 35.7. The summed E-state index contributed by atoms with van der Waals surface area (Å²) in [7, 11) is 1.44. The van der Waals surface area contributed by atoms with E-state index in [1.165, 1.54) is 53.1 Å². The largest absolute Gasteiger partial charge is 0.416 e. The summed E-state index contributed by atoms with van der Waals surface area (Å²) in [5.74, 6) is 0. The number of alkyl halides is 6. The van der Waals surface area contributed by atoms with Crippen molar-refractivity contribution in [3.05, 3.63) is 119 Å². The Kier molecular flexibility index (Phi) is 10.1. The summed E-state index contributed by atoms with van der Waals surface area (Å²) < 4.78 is 118. The highest BCUT2D eigenvalue weighted by molar-refractivity contribution is 5.36. The fourth-order valence-corrected chi connectivity index (χ4v) is 5.83. The number of fused-ring (bicyclic) bond motifs is 1. The maximum atomic E-state index is 13.1. The Morgan fingerprint density at radius 3 is 1.71 bits per heavy atom. The van der Waals surface area contributed by atoms with E-state index in [-0.39, 0.29) is 19.8 Å². The molecule has 0 spiro atoms. The van der Waals surface area contributed by atoms with Gasteiger partial charge in [-0.2, -0.15) is 26.3 Å². The molecule has 52 heavy (non-hydrogen) atoms. The van der Waals surface area contributed by atoms with E-state index in [0.717, 1.165) is 29.8 Å². The zero-order chi connectivity index (χ0) is 36.5. The number of rotatable bonds is 10. The van der Waals surface area contributed by atoms with Crippen molar-refractivity contribution in [1.82, 2.24) is 30.0 Å². The summed E-state index contributed by atoms with van der Waals surface area (Å²) in [6.07, 6.45) is -10.7. The molecule has 6 atom stereocenters. The van der Waals surface area contributed by atoms with Gasteiger partial charge in [-0.1, -0.05) is 40.8 Å². The van der Waals surface area contributed by atoms with E-state index >= 15 is 0 Å². The van der Waals surface area contributed by atoms with E-state index in [0.29, 0.717) is 22.8 Å². The molecule has 0 amide bonds. The molecular weight excluding hydrogens is 702 g/mol. The first-order chi connectivity index (χ1) is 25.0. The Hall–Kier alpha value is -4.72. The van der Waals surface area contributed by atoms with Gasteiger partial charge in [0.2, 0.25) is 0 Å². The molecular formula is C34H30F6N6O6. The lowest BCUT2D eigenvalue weighted by molar-refractivity contribution is -0.369. The molecule has 12 nitrogen and oxygen atoms in total. The van der Waals surface area contributed by atoms with Crippen LogP contribution >= 0.6 is 0 Å². The molecule has 2 aliphatic rings. The fraction of sp³-hybridized carbons (Fsp3) is 0.353. The van der Waals surface area contributed by atoms with Gasteiger partial charge in [-0.3, -0.25) is 0 Å². The molecule has 274 valence electrons. The zero-order valence-electron chi connectivity index (χ0n) is 27.1. The minimum atomic E-state index is -4.48. The SMILES string of the molecule is CO[C@H]1O[C@@H]2CO[C@@H](c3ccccc3)O[C@H]2[C@H](OCc2cn(-c3ccc(C(F)(F)F)cc3)nn2)[C@H]1OCc1cn(-c2ccc(C(F)(F)F)cc2)nn1. The Morgan fingerprint density at radius 1 is 0.692 bits per heavy atom. The quantitative estimate of drug-likeness (QED) is 0.162. The molecule has 4 heterocycles. The lowest BCUT2D eigenvalue weighted by atomic mass is 9.97. The van der Waals surface area contributed by atoms with Gasteiger partial charge in [0.05, 0.1) is 54.7 Å². The topological polar surface area (TPSA) is 117 Å². The summed E-state index contributed by atoms with van der Waals surface area (Å²) in [5, 5.41) is 16.3. The number of nitrogens with zero attached hydrogens (tertiary/aromatic N) is 6. The summed E-state index contributed by atoms with van der Waals surface area (Å²) >= 11 is 0. The highest BCUT2D eigenvalue weighted by Crippen LogP contribution is 2.37. The van der Waals surface area contributed by atoms with E-state index in [1.807, 2.05) is 30.3 Å².